The summed E-state index contributed by atoms with van der Waals surface area (Å²) in [6.45, 7) is 1.95. The summed E-state index contributed by atoms with van der Waals surface area (Å²) in [6, 6.07) is 11.6. The summed E-state index contributed by atoms with van der Waals surface area (Å²) in [6.07, 6.45) is 4.17. The molecule has 0 aliphatic carbocycles. The number of benzene rings is 1. The van der Waals surface area contributed by atoms with Crippen LogP contribution in [-0.4, -0.2) is 21.5 Å². The summed E-state index contributed by atoms with van der Waals surface area (Å²) in [4.78, 5) is 20.8. The van der Waals surface area contributed by atoms with E-state index < -0.39 is 0 Å². The maximum atomic E-state index is 12.9. The lowest BCUT2D eigenvalue weighted by Crippen LogP contribution is -2.21. The van der Waals surface area contributed by atoms with Gasteiger partial charge in [0.25, 0.3) is 5.56 Å². The van der Waals surface area contributed by atoms with Crippen molar-refractivity contribution in [3.63, 3.8) is 0 Å². The summed E-state index contributed by atoms with van der Waals surface area (Å²) in [5, 5.41) is 4.37. The average Bonchev–Trinajstić information content (AvgIpc) is 3.05. The van der Waals surface area contributed by atoms with Crippen LogP contribution < -0.4 is 15.6 Å². The van der Waals surface area contributed by atoms with Crippen molar-refractivity contribution >= 4 is 28.1 Å². The second-order valence-corrected chi connectivity index (χ2v) is 5.74. The van der Waals surface area contributed by atoms with Crippen LogP contribution >= 0.6 is 0 Å². The second-order valence-electron chi connectivity index (χ2n) is 5.74. The van der Waals surface area contributed by atoms with Gasteiger partial charge in [-0.1, -0.05) is 25.1 Å². The molecule has 0 saturated carbocycles. The molecule has 25 heavy (non-hydrogen) atoms. The van der Waals surface area contributed by atoms with Gasteiger partial charge in [-0.3, -0.25) is 9.20 Å². The van der Waals surface area contributed by atoms with Crippen LogP contribution in [0.2, 0.25) is 0 Å². The number of nitrogens with zero attached hydrogens (tertiary/aromatic N) is 2. The molecule has 4 rings (SSSR count). The highest BCUT2D eigenvalue weighted by Gasteiger charge is 2.15. The normalized spacial score (nSPS) is 11.1. The van der Waals surface area contributed by atoms with E-state index in [0.717, 1.165) is 16.6 Å². The number of anilines is 2. The second kappa shape index (κ2) is 5.98. The number of hydrogen-bond donors (Lipinski definition) is 2. The summed E-state index contributed by atoms with van der Waals surface area (Å²) in [7, 11) is 1.57. The molecule has 0 spiro atoms. The van der Waals surface area contributed by atoms with Gasteiger partial charge in [-0.2, -0.15) is 0 Å². The highest BCUT2D eigenvalue weighted by atomic mass is 16.5. The van der Waals surface area contributed by atoms with Gasteiger partial charge in [-0.15, -0.1) is 0 Å². The van der Waals surface area contributed by atoms with Crippen LogP contribution in [0.4, 0.5) is 11.5 Å². The van der Waals surface area contributed by atoms with Crippen LogP contribution in [-0.2, 0) is 6.42 Å². The van der Waals surface area contributed by atoms with E-state index in [9.17, 15) is 4.79 Å². The van der Waals surface area contributed by atoms with Crippen molar-refractivity contribution in [2.45, 2.75) is 13.3 Å². The predicted molar refractivity (Wildman–Crippen MR) is 99.0 cm³/mol. The molecule has 0 saturated heterocycles. The number of fused-ring (bicyclic) bond motifs is 2. The van der Waals surface area contributed by atoms with E-state index in [-0.39, 0.29) is 5.56 Å². The molecule has 2 N–H and O–H groups in total. The molecule has 4 aromatic rings. The highest BCUT2D eigenvalue weighted by Crippen LogP contribution is 2.27. The molecule has 0 bridgehead atoms. The Kier molecular flexibility index (Phi) is 3.65. The van der Waals surface area contributed by atoms with Gasteiger partial charge >= 0.3 is 0 Å². The van der Waals surface area contributed by atoms with Crippen molar-refractivity contribution in [1.29, 1.82) is 0 Å². The van der Waals surface area contributed by atoms with Crippen LogP contribution in [0.1, 0.15) is 12.5 Å². The minimum atomic E-state index is -0.0891. The van der Waals surface area contributed by atoms with Gasteiger partial charge < -0.3 is 15.0 Å². The van der Waals surface area contributed by atoms with Crippen LogP contribution in [0.15, 0.2) is 53.6 Å². The van der Waals surface area contributed by atoms with Crippen LogP contribution in [0.3, 0.4) is 0 Å². The number of aromatic amines is 1. The monoisotopic (exact) mass is 334 g/mol. The van der Waals surface area contributed by atoms with E-state index in [1.807, 2.05) is 37.4 Å². The Morgan fingerprint density at radius 1 is 1.24 bits per heavy atom. The first kappa shape index (κ1) is 15.3. The van der Waals surface area contributed by atoms with E-state index in [0.29, 0.717) is 29.2 Å². The lowest BCUT2D eigenvalue weighted by Gasteiger charge is -2.12. The van der Waals surface area contributed by atoms with Crippen molar-refractivity contribution in [2.24, 2.45) is 0 Å². The van der Waals surface area contributed by atoms with E-state index in [4.69, 9.17) is 4.74 Å². The zero-order valence-corrected chi connectivity index (χ0v) is 14.0. The van der Waals surface area contributed by atoms with Gasteiger partial charge in [0.2, 0.25) is 0 Å². The zero-order valence-electron chi connectivity index (χ0n) is 14.0. The molecule has 126 valence electrons. The Morgan fingerprint density at radius 3 is 2.88 bits per heavy atom. The average molecular weight is 334 g/mol. The number of ether oxygens (including phenoxy) is 1. The van der Waals surface area contributed by atoms with Crippen molar-refractivity contribution in [3.8, 4) is 5.75 Å². The van der Waals surface area contributed by atoms with Gasteiger partial charge in [0.1, 0.15) is 5.82 Å². The van der Waals surface area contributed by atoms with Crippen LogP contribution in [0, 0.1) is 0 Å². The number of H-pyrrole nitrogens is 1. The molecule has 0 unspecified atom stereocenters. The topological polar surface area (TPSA) is 71.4 Å². The van der Waals surface area contributed by atoms with Crippen molar-refractivity contribution in [2.75, 3.05) is 12.4 Å². The number of aromatic nitrogens is 3. The summed E-state index contributed by atoms with van der Waals surface area (Å²) in [5.41, 5.74) is 2.95. The molecule has 0 radical (unpaired) electrons. The van der Waals surface area contributed by atoms with Crippen molar-refractivity contribution < 1.29 is 4.74 Å². The molecule has 0 fully saturated rings. The number of pyridine rings is 1. The Labute approximate surface area is 144 Å². The first-order chi connectivity index (χ1) is 12.2. The molecule has 6 heteroatoms. The zero-order chi connectivity index (χ0) is 17.4. The van der Waals surface area contributed by atoms with Crippen LogP contribution in [0.5, 0.6) is 5.75 Å². The van der Waals surface area contributed by atoms with Gasteiger partial charge in [-0.05, 0) is 24.6 Å². The third-order valence-electron chi connectivity index (χ3n) is 4.33. The fourth-order valence-corrected chi connectivity index (χ4v) is 3.06. The minimum Gasteiger partial charge on any atom is -0.493 e. The molecule has 0 aliphatic rings. The molecule has 6 nitrogen and oxygen atoms in total. The molecule has 1 aromatic carbocycles. The van der Waals surface area contributed by atoms with Crippen molar-refractivity contribution in [1.82, 2.24) is 14.4 Å². The summed E-state index contributed by atoms with van der Waals surface area (Å²) in [5.74, 6) is 1.12. The molecule has 0 atom stereocenters. The minimum absolute atomic E-state index is 0.0891. The molecule has 3 heterocycles. The lowest BCUT2D eigenvalue weighted by molar-refractivity contribution is 0.416. The maximum Gasteiger partial charge on any atom is 0.263 e. The standard InChI is InChI=1S/C19H18N4O2/c1-3-12-17(21-15-11-20-14-8-5-4-7-13(14)15)22-18-16(25-2)9-6-10-23(18)19(12)24/h4-11,20-21H,3H2,1-2H3. The molecule has 3 aromatic heterocycles. The first-order valence-electron chi connectivity index (χ1n) is 8.14. The third kappa shape index (κ3) is 2.42. The third-order valence-corrected chi connectivity index (χ3v) is 4.33. The smallest absolute Gasteiger partial charge is 0.263 e. The van der Waals surface area contributed by atoms with E-state index in [2.05, 4.69) is 15.3 Å². The quantitative estimate of drug-likeness (QED) is 0.599. The lowest BCUT2D eigenvalue weighted by atomic mass is 10.2. The Bertz CT molecular complexity index is 1130. The first-order valence-corrected chi connectivity index (χ1v) is 8.14. The highest BCUT2D eigenvalue weighted by molar-refractivity contribution is 5.94. The fourth-order valence-electron chi connectivity index (χ4n) is 3.06. The molecular weight excluding hydrogens is 316 g/mol. The van der Waals surface area contributed by atoms with Gasteiger partial charge in [0.05, 0.1) is 18.4 Å². The molecular formula is C19H18N4O2. The SMILES string of the molecule is CCc1c(Nc2c[nH]c3ccccc23)nc2c(OC)cccn2c1=O. The number of hydrogen-bond acceptors (Lipinski definition) is 4. The summed E-state index contributed by atoms with van der Waals surface area (Å²) < 4.78 is 6.89. The molecule has 0 amide bonds. The van der Waals surface area contributed by atoms with E-state index in [1.165, 1.54) is 4.40 Å². The number of para-hydroxylation sites is 1. The summed E-state index contributed by atoms with van der Waals surface area (Å²) >= 11 is 0. The van der Waals surface area contributed by atoms with Crippen LogP contribution in [0.25, 0.3) is 16.6 Å². The Balaban J connectivity index is 1.93. The fraction of sp³-hybridized carbons (Fsp3) is 0.158. The van der Waals surface area contributed by atoms with Gasteiger partial charge in [-0.25, -0.2) is 4.98 Å². The number of methoxy groups -OCH3 is 1. The van der Waals surface area contributed by atoms with Crippen molar-refractivity contribution in [3.05, 3.63) is 64.7 Å². The number of rotatable bonds is 4. The Morgan fingerprint density at radius 2 is 2.08 bits per heavy atom. The number of nitrogens with one attached hydrogen (secondary N) is 2. The van der Waals surface area contributed by atoms with E-state index >= 15 is 0 Å². The largest absolute Gasteiger partial charge is 0.493 e. The Hall–Kier alpha value is -3.28. The molecule has 0 aliphatic heterocycles. The predicted octanol–water partition coefficient (Wildman–Crippen LogP) is 3.49. The maximum absolute atomic E-state index is 12.9. The van der Waals surface area contributed by atoms with E-state index in [1.54, 1.807) is 25.4 Å². The van der Waals surface area contributed by atoms with Gasteiger partial charge in [0.15, 0.2) is 11.4 Å². The van der Waals surface area contributed by atoms with Gasteiger partial charge in [0, 0.05) is 23.3 Å².